The topological polar surface area (TPSA) is 430 Å². The molecule has 0 spiro atoms. The molecule has 0 radical (unpaired) electrons. The summed E-state index contributed by atoms with van der Waals surface area (Å²) in [6.07, 6.45) is 28.7. The van der Waals surface area contributed by atoms with E-state index in [4.69, 9.17) is 0 Å². The van der Waals surface area contributed by atoms with E-state index < -0.39 is 51.7 Å². The van der Waals surface area contributed by atoms with Gasteiger partial charge in [0.05, 0.1) is 48.0 Å². The number of nitrogens with zero attached hydrogens (tertiary/aromatic N) is 12. The lowest BCUT2D eigenvalue weighted by Crippen LogP contribution is -2.43. The first-order chi connectivity index (χ1) is 66.0. The van der Waals surface area contributed by atoms with E-state index in [1.165, 1.54) is 72.5 Å². The van der Waals surface area contributed by atoms with E-state index in [0.717, 1.165) is 158 Å². The average molecular weight is 2000 g/mol. The van der Waals surface area contributed by atoms with Gasteiger partial charge in [-0.15, -0.1) is 45.3 Å². The molecule has 16 rings (SSSR count). The number of hydrogen-bond donors (Lipinski definition) is 12. The van der Waals surface area contributed by atoms with Crippen LogP contribution in [0.5, 0.6) is 0 Å². The van der Waals surface area contributed by atoms with Crippen LogP contribution in [-0.2, 0) is 0 Å². The quantitative estimate of drug-likeness (QED) is 0.0199. The number of aliphatic hydroxyl groups is 4. The third-order valence-corrected chi connectivity index (χ3v) is 31.7. The number of alkyl halides is 1. The number of amides is 8. The molecule has 12 N–H and O–H groups in total. The number of pyridine rings is 4. The summed E-state index contributed by atoms with van der Waals surface area (Å²) >= 11 is 4.74. The minimum atomic E-state index is -1.29. The zero-order valence-corrected chi connectivity index (χ0v) is 88.1. The molecule has 8 aromatic rings. The Bertz CT molecular complexity index is 5600. The molecule has 0 bridgehead atoms. The van der Waals surface area contributed by atoms with Crippen molar-refractivity contribution in [3.63, 3.8) is 0 Å². The zero-order chi connectivity index (χ0) is 101. The van der Waals surface area contributed by atoms with Gasteiger partial charge in [-0.05, 0) is 299 Å². The Kier molecular flexibility index (Phi) is 34.9. The van der Waals surface area contributed by atoms with Crippen LogP contribution in [0.4, 0.5) is 27.7 Å². The van der Waals surface area contributed by atoms with Crippen molar-refractivity contribution in [1.29, 1.82) is 0 Å². The van der Waals surface area contributed by atoms with Gasteiger partial charge in [-0.25, -0.2) is 44.3 Å². The number of hydrogen-bond acceptors (Lipinski definition) is 28. The summed E-state index contributed by atoms with van der Waals surface area (Å²) < 4.78 is 15.0. The average Bonchev–Trinajstić information content (AvgIpc) is 1.63. The number of likely N-dealkylation sites (tertiary alicyclic amines) is 4. The van der Waals surface area contributed by atoms with E-state index in [-0.39, 0.29) is 106 Å². The second-order valence-electron chi connectivity index (χ2n) is 42.5. The molecule has 32 nitrogen and oxygen atoms in total. The van der Waals surface area contributed by atoms with E-state index in [1.807, 2.05) is 87.4 Å². The van der Waals surface area contributed by atoms with Crippen LogP contribution in [-0.4, -0.2) is 256 Å². The number of aryl methyl sites for hydroxylation is 4. The van der Waals surface area contributed by atoms with Crippen molar-refractivity contribution in [2.75, 3.05) is 73.6 Å². The van der Waals surface area contributed by atoms with Gasteiger partial charge in [0.1, 0.15) is 51.7 Å². The molecule has 1 unspecified atom stereocenters. The Balaban J connectivity index is 0.000000157. The van der Waals surface area contributed by atoms with Crippen molar-refractivity contribution >= 4 is 116 Å². The molecule has 4 aliphatic heterocycles. The number of aromatic nitrogens is 8. The van der Waals surface area contributed by atoms with Crippen LogP contribution >= 0.6 is 45.3 Å². The first kappa shape index (κ1) is 107. The Labute approximate surface area is 838 Å². The van der Waals surface area contributed by atoms with Crippen LogP contribution in [0, 0.1) is 39.5 Å². The molecule has 37 heteroatoms. The highest BCUT2D eigenvalue weighted by Gasteiger charge is 2.41. The summed E-state index contributed by atoms with van der Waals surface area (Å²) in [4.78, 5) is 152. The Morgan fingerprint density at radius 2 is 0.650 bits per heavy atom. The van der Waals surface area contributed by atoms with Crippen molar-refractivity contribution in [3.8, 4) is 41.8 Å². The smallest absolute Gasteiger partial charge is 0.280 e. The first-order valence-electron chi connectivity index (χ1n) is 50.0. The maximum atomic E-state index is 15.0. The van der Waals surface area contributed by atoms with Gasteiger partial charge in [0, 0.05) is 142 Å². The van der Waals surface area contributed by atoms with Crippen molar-refractivity contribution < 1.29 is 63.2 Å². The lowest BCUT2D eigenvalue weighted by Gasteiger charge is -2.35. The molecule has 760 valence electrons. The molecule has 4 saturated carbocycles. The number of carbonyl (C=O) groups is 8. The number of carbonyl (C=O) groups excluding carboxylic acids is 8. The molecule has 8 aliphatic rings. The highest BCUT2D eigenvalue weighted by Crippen LogP contribution is 2.44. The number of halogens is 1. The second kappa shape index (κ2) is 45.6. The predicted octanol–water partition coefficient (Wildman–Crippen LogP) is 16.8. The fourth-order valence-electron chi connectivity index (χ4n) is 18.5. The number of nitrogens with one attached hydrogen (secondary N) is 8. The van der Waals surface area contributed by atoms with E-state index in [9.17, 15) is 58.8 Å². The maximum Gasteiger partial charge on any atom is 0.280 e. The van der Waals surface area contributed by atoms with Gasteiger partial charge in [-0.1, -0.05) is 25.7 Å². The van der Waals surface area contributed by atoms with Crippen molar-refractivity contribution in [1.82, 2.24) is 80.7 Å². The molecule has 8 atom stereocenters. The lowest BCUT2D eigenvalue weighted by molar-refractivity contribution is 0.0628. The zero-order valence-electron chi connectivity index (χ0n) is 84.8. The molecule has 4 saturated heterocycles. The number of rotatable bonds is 30. The minimum absolute atomic E-state index is 0.0583. The largest absolute Gasteiger partial charge is 0.389 e. The van der Waals surface area contributed by atoms with Crippen molar-refractivity contribution in [3.05, 3.63) is 114 Å². The van der Waals surface area contributed by atoms with Gasteiger partial charge in [0.25, 0.3) is 47.3 Å². The third-order valence-electron chi connectivity index (χ3n) is 27.3. The fraction of sp³-hybridized carbons (Fsp3) is 0.612. The maximum absolute atomic E-state index is 15.0. The van der Waals surface area contributed by atoms with Crippen LogP contribution in [0.15, 0.2) is 49.1 Å². The monoisotopic (exact) mass is 2000 g/mol. The predicted molar refractivity (Wildman–Crippen MR) is 551 cm³/mol. The molecule has 0 aromatic carbocycles. The van der Waals surface area contributed by atoms with Gasteiger partial charge < -0.3 is 82.6 Å². The van der Waals surface area contributed by atoms with E-state index in [1.54, 1.807) is 92.0 Å². The summed E-state index contributed by atoms with van der Waals surface area (Å²) in [7, 11) is 0. The Morgan fingerprint density at radius 3 is 0.914 bits per heavy atom. The SMILES string of the molecule is Cc1cc(NC2CCCC2)ncc1-c1sc(C(=O)NCC(C)(C)O)nc1C(=O)N1CCC[C@@H]1C.Cc1cc(N[C@@H](C)C2CC2)ncc1-c1sc(C(=O)NCC(C)(C)O)nc1C(=O)N1CCCC[C@@H]1C.Cc1cc(N[C@@H](C)C2CC2)ncc1-c1sc(C(=O)NCC(C)(C)O)nc1C(=O)N1CCC[C@@H]1C.Cc1cc(N[C@H]2CCCCC2(C)F)ncc1-c1sc(C(=O)NCC(C)(C)O)nc1C(=O)N1CCC[C@@H]1C. The Hall–Kier alpha value is -10.2. The lowest BCUT2D eigenvalue weighted by atomic mass is 9.83. The summed E-state index contributed by atoms with van der Waals surface area (Å²) in [5.41, 5.74) is 2.55. The van der Waals surface area contributed by atoms with Crippen LogP contribution in [0.2, 0.25) is 0 Å². The summed E-state index contributed by atoms with van der Waals surface area (Å²) in [6, 6.07) is 9.29. The molecule has 8 aromatic heterocycles. The molecular formula is C103H145FN20O12S4. The van der Waals surface area contributed by atoms with Gasteiger partial charge in [-0.3, -0.25) is 38.4 Å². The molecular weight excluding hydrogens is 1860 g/mol. The van der Waals surface area contributed by atoms with Gasteiger partial charge in [-0.2, -0.15) is 0 Å². The van der Waals surface area contributed by atoms with Crippen molar-refractivity contribution in [2.45, 2.75) is 343 Å². The van der Waals surface area contributed by atoms with Crippen LogP contribution in [0.1, 0.15) is 342 Å². The van der Waals surface area contributed by atoms with Crippen molar-refractivity contribution in [2.24, 2.45) is 11.8 Å². The van der Waals surface area contributed by atoms with Crippen LogP contribution < -0.4 is 42.5 Å². The van der Waals surface area contributed by atoms with Gasteiger partial charge >= 0.3 is 0 Å². The summed E-state index contributed by atoms with van der Waals surface area (Å²) in [5, 5.41) is 65.3. The number of thiazole rings is 4. The molecule has 140 heavy (non-hydrogen) atoms. The van der Waals surface area contributed by atoms with Gasteiger partial charge in [0.2, 0.25) is 0 Å². The highest BCUT2D eigenvalue weighted by molar-refractivity contribution is 7.18. The minimum Gasteiger partial charge on any atom is -0.389 e. The normalized spacial score (nSPS) is 20.5. The first-order valence-corrected chi connectivity index (χ1v) is 53.2. The fourth-order valence-corrected chi connectivity index (χ4v) is 22.7. The Morgan fingerprint density at radius 1 is 0.386 bits per heavy atom. The third kappa shape index (κ3) is 28.3. The molecule has 8 fully saturated rings. The second-order valence-corrected chi connectivity index (χ2v) is 46.5. The van der Waals surface area contributed by atoms with E-state index in [2.05, 4.69) is 103 Å². The molecule has 8 amide bonds. The summed E-state index contributed by atoms with van der Waals surface area (Å²) in [6.45, 7) is 38.1. The summed E-state index contributed by atoms with van der Waals surface area (Å²) in [5.74, 6) is 2.19. The van der Waals surface area contributed by atoms with E-state index in [0.29, 0.717) is 111 Å². The van der Waals surface area contributed by atoms with Crippen LogP contribution in [0.3, 0.4) is 0 Å². The van der Waals surface area contributed by atoms with Gasteiger partial charge in [0.15, 0.2) is 20.0 Å². The molecule has 4 aliphatic carbocycles. The highest BCUT2D eigenvalue weighted by atomic mass is 32.1. The van der Waals surface area contributed by atoms with Crippen LogP contribution in [0.25, 0.3) is 41.8 Å². The number of anilines is 4. The van der Waals surface area contributed by atoms with E-state index >= 15 is 4.39 Å². The number of piperidine rings is 1. The molecule has 12 heterocycles. The standard InChI is InChI=1S/C27H38FN5O3S.C26H37N5O3S.2C25H35N5O3S/c1-16-13-20(31-19-10-6-7-11-27(19,5)28)29-14-18(16)22-21(25(35)33-12-8-9-17(33)2)32-24(37-22)23(34)30-15-26(3,4)36;1-15-12-20(29-17(3)18-9-10-18)27-13-19(15)22-21(25(33)31-11-7-6-8-16(31)2)30-24(35-22)23(32)28-14-26(4,5)34;1-14-11-19(28-16(3)17-8-9-17)26-12-18(14)21-20(24(32)30-10-6-7-15(30)2)29-23(34-21)22(31)27-13-25(4,5)33;1-15-12-19(28-17-9-5-6-10-17)26-13-18(15)21-20(24(32)30-11-7-8-16(30)2)29-23(34-21)22(31)27-14-25(3,4)33/h13-14,17,19,36H,6-12,15H2,1-5H3,(H,29,31)(H,30,34);12-13,16-18,34H,6-11,14H2,1-5H3,(H,27,29)(H,28,32);11-12,15-17,33H,6-10,13H2,1-5H3,(H,26,28)(H,27,31);12-13,16-17,33H,5-11,14H2,1-4H3,(H,26,28)(H,27,31)/t17-,19-,27?;16-,17-;15-,16-;16-/m0000/s1.